The molecule has 0 bridgehead atoms. The number of hydrogen-bond acceptors (Lipinski definition) is 5. The molecule has 0 spiro atoms. The van der Waals surface area contributed by atoms with Crippen molar-refractivity contribution in [3.8, 4) is 11.8 Å². The Morgan fingerprint density at radius 3 is 2.52 bits per heavy atom. The molecule has 0 fully saturated rings. The monoisotopic (exact) mass is 299 g/mol. The van der Waals surface area contributed by atoms with Crippen LogP contribution in [0.15, 0.2) is 17.2 Å². The zero-order chi connectivity index (χ0) is 16.2. The first-order valence-electron chi connectivity index (χ1n) is 5.54. The molecule has 0 heterocycles. The van der Waals surface area contributed by atoms with E-state index in [9.17, 15) is 13.2 Å². The Morgan fingerprint density at radius 2 is 2.10 bits per heavy atom. The van der Waals surface area contributed by atoms with Crippen molar-refractivity contribution in [3.63, 3.8) is 0 Å². The molecule has 9 heteroatoms. The fraction of sp³-hybridized carbons (Fsp3) is 0.250. The lowest BCUT2D eigenvalue weighted by atomic mass is 10.1. The van der Waals surface area contributed by atoms with E-state index in [4.69, 9.17) is 21.1 Å². The van der Waals surface area contributed by atoms with E-state index in [2.05, 4.69) is 10.5 Å². The number of rotatable bonds is 4. The summed E-state index contributed by atoms with van der Waals surface area (Å²) in [5.41, 5.74) is 6.18. The molecule has 21 heavy (non-hydrogen) atoms. The van der Waals surface area contributed by atoms with Gasteiger partial charge in [-0.1, -0.05) is 0 Å². The Balaban J connectivity index is 3.26. The highest BCUT2D eigenvalue weighted by Crippen LogP contribution is 2.39. The van der Waals surface area contributed by atoms with Crippen LogP contribution in [0.5, 0.6) is 5.75 Å². The van der Waals surface area contributed by atoms with Crippen molar-refractivity contribution >= 4 is 17.2 Å². The SMILES string of the molecule is COc1c(C)cc(N/N=C(\C#N)C(=N)N)cc1C(F)(F)F. The van der Waals surface area contributed by atoms with Crippen molar-refractivity contribution in [2.24, 2.45) is 10.8 Å². The quantitative estimate of drug-likeness (QED) is 0.450. The molecule has 0 radical (unpaired) electrons. The second-order valence-corrected chi connectivity index (χ2v) is 3.97. The number of methoxy groups -OCH3 is 1. The van der Waals surface area contributed by atoms with Gasteiger partial charge in [-0.25, -0.2) is 0 Å². The molecule has 0 aliphatic carbocycles. The van der Waals surface area contributed by atoms with Crippen LogP contribution in [0.1, 0.15) is 11.1 Å². The minimum absolute atomic E-state index is 0.00498. The second kappa shape index (κ2) is 6.13. The number of anilines is 1. The standard InChI is InChI=1S/C12H12F3N5O/c1-6-3-7(19-20-9(5-16)11(17)18)4-8(10(6)21-2)12(13,14)15/h3-4,19H,1-2H3,(H3,17,18)/b20-9+. The third kappa shape index (κ3) is 3.85. The molecule has 0 atom stereocenters. The highest BCUT2D eigenvalue weighted by molar-refractivity contribution is 6.45. The van der Waals surface area contributed by atoms with Gasteiger partial charge in [-0.15, -0.1) is 0 Å². The second-order valence-electron chi connectivity index (χ2n) is 3.97. The summed E-state index contributed by atoms with van der Waals surface area (Å²) in [6.45, 7) is 1.44. The Morgan fingerprint density at radius 1 is 1.48 bits per heavy atom. The highest BCUT2D eigenvalue weighted by Gasteiger charge is 2.35. The van der Waals surface area contributed by atoms with Crippen LogP contribution >= 0.6 is 0 Å². The highest BCUT2D eigenvalue weighted by atomic mass is 19.4. The van der Waals surface area contributed by atoms with Crippen LogP contribution in [0, 0.1) is 23.7 Å². The predicted octanol–water partition coefficient (Wildman–Crippen LogP) is 2.25. The van der Waals surface area contributed by atoms with Gasteiger partial charge < -0.3 is 10.5 Å². The van der Waals surface area contributed by atoms with E-state index in [-0.39, 0.29) is 17.0 Å². The van der Waals surface area contributed by atoms with E-state index in [1.807, 2.05) is 0 Å². The first-order valence-corrected chi connectivity index (χ1v) is 5.54. The number of nitrogens with two attached hydrogens (primary N) is 1. The van der Waals surface area contributed by atoms with Gasteiger partial charge in [0, 0.05) is 0 Å². The number of hydrogen-bond donors (Lipinski definition) is 3. The van der Waals surface area contributed by atoms with Gasteiger partial charge in [-0.3, -0.25) is 10.8 Å². The number of benzene rings is 1. The number of nitrogens with one attached hydrogen (secondary N) is 2. The number of hydrazone groups is 1. The van der Waals surface area contributed by atoms with Gasteiger partial charge >= 0.3 is 6.18 Å². The van der Waals surface area contributed by atoms with Crippen LogP contribution in [0.2, 0.25) is 0 Å². The first kappa shape index (κ1) is 16.3. The molecule has 0 unspecified atom stereocenters. The van der Waals surface area contributed by atoms with Gasteiger partial charge in [0.25, 0.3) is 0 Å². The average Bonchev–Trinajstić information content (AvgIpc) is 2.37. The molecule has 0 saturated carbocycles. The third-order valence-electron chi connectivity index (χ3n) is 2.44. The van der Waals surface area contributed by atoms with Crippen molar-refractivity contribution in [2.75, 3.05) is 12.5 Å². The summed E-state index contributed by atoms with van der Waals surface area (Å²) in [6, 6.07) is 3.71. The summed E-state index contributed by atoms with van der Waals surface area (Å²) in [4.78, 5) is 0. The Labute approximate surface area is 118 Å². The van der Waals surface area contributed by atoms with E-state index in [1.165, 1.54) is 13.0 Å². The fourth-order valence-electron chi connectivity index (χ4n) is 1.59. The lowest BCUT2D eigenvalue weighted by Gasteiger charge is -2.15. The first-order chi connectivity index (χ1) is 9.70. The maximum Gasteiger partial charge on any atom is 0.420 e. The van der Waals surface area contributed by atoms with Crippen molar-refractivity contribution in [2.45, 2.75) is 13.1 Å². The van der Waals surface area contributed by atoms with E-state index in [1.54, 1.807) is 6.07 Å². The number of amidine groups is 1. The van der Waals surface area contributed by atoms with E-state index < -0.39 is 23.3 Å². The van der Waals surface area contributed by atoms with Gasteiger partial charge in [-0.05, 0) is 24.6 Å². The van der Waals surface area contributed by atoms with E-state index in [0.717, 1.165) is 13.2 Å². The maximum absolute atomic E-state index is 12.9. The normalized spacial score (nSPS) is 11.7. The van der Waals surface area contributed by atoms with Crippen LogP contribution < -0.4 is 15.9 Å². The Kier molecular flexibility index (Phi) is 4.75. The molecule has 1 aromatic rings. The van der Waals surface area contributed by atoms with Gasteiger partial charge in [0.1, 0.15) is 11.8 Å². The molecule has 0 aliphatic heterocycles. The number of halogens is 3. The minimum atomic E-state index is -4.60. The smallest absolute Gasteiger partial charge is 0.420 e. The zero-order valence-corrected chi connectivity index (χ0v) is 11.2. The van der Waals surface area contributed by atoms with Gasteiger partial charge in [0.15, 0.2) is 5.84 Å². The molecule has 0 saturated heterocycles. The number of nitrogens with zero attached hydrogens (tertiary/aromatic N) is 2. The molecule has 112 valence electrons. The fourth-order valence-corrected chi connectivity index (χ4v) is 1.59. The van der Waals surface area contributed by atoms with Crippen LogP contribution in [-0.4, -0.2) is 18.7 Å². The van der Waals surface area contributed by atoms with Gasteiger partial charge in [0.2, 0.25) is 5.71 Å². The van der Waals surface area contributed by atoms with Crippen LogP contribution in [0.3, 0.4) is 0 Å². The topological polar surface area (TPSA) is 107 Å². The molecule has 6 nitrogen and oxygen atoms in total. The van der Waals surface area contributed by atoms with E-state index in [0.29, 0.717) is 0 Å². The average molecular weight is 299 g/mol. The summed E-state index contributed by atoms with van der Waals surface area (Å²) in [5, 5.41) is 19.2. The minimum Gasteiger partial charge on any atom is -0.496 e. The zero-order valence-electron chi connectivity index (χ0n) is 11.2. The molecule has 1 rings (SSSR count). The summed E-state index contributed by atoms with van der Waals surface area (Å²) in [7, 11) is 1.15. The molecular weight excluding hydrogens is 287 g/mol. The van der Waals surface area contributed by atoms with Crippen LogP contribution in [0.4, 0.5) is 18.9 Å². The van der Waals surface area contributed by atoms with Crippen molar-refractivity contribution in [1.82, 2.24) is 0 Å². The Bertz CT molecular complexity index is 631. The molecular formula is C12H12F3N5O. The largest absolute Gasteiger partial charge is 0.496 e. The lowest BCUT2D eigenvalue weighted by Crippen LogP contribution is -2.22. The number of ether oxygens (including phenoxy) is 1. The van der Waals surface area contributed by atoms with Crippen molar-refractivity contribution < 1.29 is 17.9 Å². The van der Waals surface area contributed by atoms with Crippen LogP contribution in [-0.2, 0) is 6.18 Å². The molecule has 0 aromatic heterocycles. The van der Waals surface area contributed by atoms with Crippen molar-refractivity contribution in [3.05, 3.63) is 23.3 Å². The molecule has 0 aliphatic rings. The number of aryl methyl sites for hydroxylation is 1. The van der Waals surface area contributed by atoms with Crippen molar-refractivity contribution in [1.29, 1.82) is 10.7 Å². The third-order valence-corrected chi connectivity index (χ3v) is 2.44. The number of nitriles is 1. The summed E-state index contributed by atoms with van der Waals surface area (Å²) < 4.78 is 43.6. The van der Waals surface area contributed by atoms with Gasteiger partial charge in [0.05, 0.1) is 18.4 Å². The molecule has 0 amide bonds. The van der Waals surface area contributed by atoms with Gasteiger partial charge in [-0.2, -0.15) is 23.5 Å². The Hall–Kier alpha value is -2.76. The maximum atomic E-state index is 12.9. The molecule has 4 N–H and O–H groups in total. The number of alkyl halides is 3. The lowest BCUT2D eigenvalue weighted by molar-refractivity contribution is -0.138. The summed E-state index contributed by atoms with van der Waals surface area (Å²) >= 11 is 0. The van der Waals surface area contributed by atoms with E-state index >= 15 is 0 Å². The summed E-state index contributed by atoms with van der Waals surface area (Å²) in [6.07, 6.45) is -4.60. The summed E-state index contributed by atoms with van der Waals surface area (Å²) in [5.74, 6) is -0.879. The van der Waals surface area contributed by atoms with Crippen LogP contribution in [0.25, 0.3) is 0 Å². The molecule has 1 aromatic carbocycles. The predicted molar refractivity (Wildman–Crippen MR) is 71.3 cm³/mol.